The third-order valence-corrected chi connectivity index (χ3v) is 25.8. The van der Waals surface area contributed by atoms with E-state index in [2.05, 4.69) is 277 Å². The molecular weight excluding hydrogens is 1570 g/mol. The maximum Gasteiger partial charge on any atom is 0.248 e. The van der Waals surface area contributed by atoms with Crippen LogP contribution in [0.25, 0.3) is 41.6 Å². The number of amides is 2. The van der Waals surface area contributed by atoms with Gasteiger partial charge in [0.25, 0.3) is 0 Å². The van der Waals surface area contributed by atoms with Crippen molar-refractivity contribution in [1.82, 2.24) is 35.7 Å². The number of fused-ring (bicyclic) bond motifs is 4. The molecule has 6 heterocycles. The quantitative estimate of drug-likeness (QED) is 0.0119. The Morgan fingerprint density at radius 2 is 0.750 bits per heavy atom. The lowest BCUT2D eigenvalue weighted by molar-refractivity contribution is -0.116. The summed E-state index contributed by atoms with van der Waals surface area (Å²) in [6, 6.07) is 81.4. The van der Waals surface area contributed by atoms with Gasteiger partial charge in [-0.1, -0.05) is 213 Å². The van der Waals surface area contributed by atoms with Gasteiger partial charge in [-0.05, 0) is 167 Å². The molecule has 0 spiro atoms. The van der Waals surface area contributed by atoms with E-state index in [4.69, 9.17) is 44.1 Å². The minimum Gasteiger partial charge on any atom is -0.379 e. The van der Waals surface area contributed by atoms with Gasteiger partial charge in [-0.15, -0.1) is 45.3 Å². The maximum atomic E-state index is 13.2. The van der Waals surface area contributed by atoms with E-state index in [1.165, 1.54) is 69.7 Å². The Hall–Kier alpha value is -8.86. The van der Waals surface area contributed by atoms with E-state index < -0.39 is 11.1 Å². The van der Waals surface area contributed by atoms with Gasteiger partial charge in [0.1, 0.15) is 20.0 Å². The average molecular weight is 1690 g/mol. The van der Waals surface area contributed by atoms with Crippen molar-refractivity contribution < 1.29 is 38.0 Å². The summed E-state index contributed by atoms with van der Waals surface area (Å²) in [5.74, 6) is -0.152. The second-order valence-corrected chi connectivity index (χ2v) is 34.5. The molecule has 0 bridgehead atoms. The second kappa shape index (κ2) is 48.1. The van der Waals surface area contributed by atoms with Gasteiger partial charge in [-0.3, -0.25) is 30.0 Å². The molecular formula is C98H118N10O8S4. The Labute approximate surface area is 725 Å². The van der Waals surface area contributed by atoms with Crippen LogP contribution in [0, 0.1) is 0 Å². The molecule has 14 rings (SSSR count). The molecule has 4 aromatic heterocycles. The van der Waals surface area contributed by atoms with Gasteiger partial charge >= 0.3 is 0 Å². The van der Waals surface area contributed by atoms with E-state index in [1.807, 2.05) is 24.3 Å². The minimum absolute atomic E-state index is 0.0226. The lowest BCUT2D eigenvalue weighted by Gasteiger charge is -2.37. The average Bonchev–Trinajstić information content (AvgIpc) is 1.56. The first kappa shape index (κ1) is 90.4. The SMILES string of the molecule is C=CC(=O)Nc1sc2c(c1-c1nc3ccccc3s1)CCN(C(C)C)C2.CC(C)N1CCc2c(sc(NC(=O)CCNCCCOCCOCCOCCCNC(c3ccccc3)(c3ccccc3)c3ccccc3)c2-c2nc3ccccc3s2)C1.NCCCOCCOCCOCCCNC(c1ccccc1)(c1ccccc1)c1ccccc1. The first-order valence-corrected chi connectivity index (χ1v) is 45.7. The summed E-state index contributed by atoms with van der Waals surface area (Å²) < 4.78 is 36.5. The normalized spacial score (nSPS) is 13.1. The fourth-order valence-electron chi connectivity index (χ4n) is 15.2. The number of nitrogens with two attached hydrogens (primary N) is 1. The highest BCUT2D eigenvalue weighted by atomic mass is 32.1. The number of para-hydroxylation sites is 2. The maximum absolute atomic E-state index is 13.2. The Kier molecular flexibility index (Phi) is 36.2. The van der Waals surface area contributed by atoms with Gasteiger partial charge in [0, 0.05) is 98.5 Å². The van der Waals surface area contributed by atoms with Crippen LogP contribution < -0.4 is 32.3 Å². The van der Waals surface area contributed by atoms with Crippen molar-refractivity contribution in [2.24, 2.45) is 5.73 Å². The van der Waals surface area contributed by atoms with Crippen molar-refractivity contribution >= 4 is 87.6 Å². The third-order valence-electron chi connectivity index (χ3n) is 21.4. The number of carbonyl (C=O) groups is 2. The molecule has 2 aliphatic heterocycles. The highest BCUT2D eigenvalue weighted by Crippen LogP contribution is 2.48. The van der Waals surface area contributed by atoms with Gasteiger partial charge in [0.2, 0.25) is 11.8 Å². The van der Waals surface area contributed by atoms with Crippen molar-refractivity contribution in [3.63, 3.8) is 0 Å². The number of hydrogen-bond acceptors (Lipinski definition) is 20. The van der Waals surface area contributed by atoms with E-state index in [9.17, 15) is 9.59 Å². The number of nitrogens with one attached hydrogen (secondary N) is 5. The first-order valence-electron chi connectivity index (χ1n) is 42.4. The van der Waals surface area contributed by atoms with Crippen LogP contribution in [-0.4, -0.2) is 169 Å². The van der Waals surface area contributed by atoms with E-state index in [0.29, 0.717) is 111 Å². The number of ether oxygens (including phenoxy) is 6. The fraction of sp³-hybridized carbons (Fsp3) is 0.367. The Bertz CT molecular complexity index is 4750. The summed E-state index contributed by atoms with van der Waals surface area (Å²) in [4.78, 5) is 42.6. The summed E-state index contributed by atoms with van der Waals surface area (Å²) in [7, 11) is 0. The number of hydrogen-bond donors (Lipinski definition) is 6. The fourth-order valence-corrected chi connectivity index (χ4v) is 20.0. The number of benzene rings is 8. The Morgan fingerprint density at radius 3 is 1.09 bits per heavy atom. The van der Waals surface area contributed by atoms with Crippen LogP contribution >= 0.6 is 45.3 Å². The molecule has 0 fully saturated rings. The van der Waals surface area contributed by atoms with Gasteiger partial charge in [-0.2, -0.15) is 0 Å². The van der Waals surface area contributed by atoms with E-state index >= 15 is 0 Å². The highest BCUT2D eigenvalue weighted by Gasteiger charge is 2.38. The van der Waals surface area contributed by atoms with Crippen molar-refractivity contribution in [1.29, 1.82) is 0 Å². The molecule has 7 N–H and O–H groups in total. The molecule has 0 aliphatic carbocycles. The van der Waals surface area contributed by atoms with Crippen LogP contribution in [0.3, 0.4) is 0 Å². The summed E-state index contributed by atoms with van der Waals surface area (Å²) in [5.41, 5.74) is 18.7. The first-order chi connectivity index (χ1) is 59.0. The topological polar surface area (TPSA) is 208 Å². The summed E-state index contributed by atoms with van der Waals surface area (Å²) in [6.07, 6.45) is 7.20. The van der Waals surface area contributed by atoms with Crippen LogP contribution in [0.5, 0.6) is 0 Å². The molecule has 2 amide bonds. The molecule has 8 aromatic carbocycles. The van der Waals surface area contributed by atoms with E-state index in [-0.39, 0.29) is 11.8 Å². The predicted molar refractivity (Wildman–Crippen MR) is 496 cm³/mol. The van der Waals surface area contributed by atoms with Crippen molar-refractivity contribution in [2.75, 3.05) is 136 Å². The van der Waals surface area contributed by atoms with Crippen LogP contribution in [0.4, 0.5) is 10.0 Å². The monoisotopic (exact) mass is 1690 g/mol. The predicted octanol–water partition coefficient (Wildman–Crippen LogP) is 18.4. The summed E-state index contributed by atoms with van der Waals surface area (Å²) in [6.45, 7) is 27.3. The lowest BCUT2D eigenvalue weighted by Crippen LogP contribution is -2.45. The molecule has 2 aliphatic rings. The third kappa shape index (κ3) is 25.0. The summed E-state index contributed by atoms with van der Waals surface area (Å²) >= 11 is 6.79. The molecule has 0 saturated carbocycles. The second-order valence-electron chi connectivity index (χ2n) is 30.2. The number of aromatic nitrogens is 2. The molecule has 18 nitrogen and oxygen atoms in total. The molecule has 22 heteroatoms. The Balaban J connectivity index is 0.000000184. The van der Waals surface area contributed by atoms with E-state index in [0.717, 1.165) is 127 Å². The van der Waals surface area contributed by atoms with Crippen molar-refractivity contribution in [3.8, 4) is 21.1 Å². The smallest absolute Gasteiger partial charge is 0.248 e. The standard InChI is InChI=1S/C49H59N5O4S2.C29H38N2O3.C20H21N3OS2/c1-37(2)54-29-25-41-44(36-54)60-48(46(41)47-52-42-22-12-13-23-43(42)59-47)53-45(55)24-28-50-26-14-30-56-32-34-58-35-33-57-31-15-27-51-49(38-16-6-3-7-17-38,39-18-8-4-9-19-39)40-20-10-5-11-21-40;30-18-10-20-32-22-24-34-25-23-33-21-11-19-31-29(26-12-4-1-5-13-26,27-14-6-2-7-15-27)28-16-8-3-9-17-28;1-4-17(24)22-20-18(19-21-14-7-5-6-8-15(14)25-19)13-9-10-23(12(2)3)11-16(13)26-20/h3-13,16-23,37,50-51H,14-15,24-36H2,1-2H3,(H,53,55);1-9,12-17,31H,10-11,18-25,30H2;4-8,12H,1,9-11H2,2-3H3,(H,22,24). The van der Waals surface area contributed by atoms with Crippen LogP contribution in [0.2, 0.25) is 0 Å². The van der Waals surface area contributed by atoms with Gasteiger partial charge in [-0.25, -0.2) is 9.97 Å². The molecule has 0 saturated heterocycles. The summed E-state index contributed by atoms with van der Waals surface area (Å²) in [5, 5.41) is 21.3. The highest BCUT2D eigenvalue weighted by molar-refractivity contribution is 7.23. The van der Waals surface area contributed by atoms with E-state index in [1.54, 1.807) is 45.3 Å². The number of anilines is 2. The van der Waals surface area contributed by atoms with Crippen LogP contribution in [0.1, 0.15) is 114 Å². The molecule has 632 valence electrons. The van der Waals surface area contributed by atoms with Gasteiger partial charge in [0.15, 0.2) is 0 Å². The minimum atomic E-state index is -0.468. The Morgan fingerprint density at radius 1 is 0.425 bits per heavy atom. The van der Waals surface area contributed by atoms with Crippen molar-refractivity contribution in [3.05, 3.63) is 297 Å². The lowest BCUT2D eigenvalue weighted by atomic mass is 9.77. The zero-order valence-electron chi connectivity index (χ0n) is 69.9. The van der Waals surface area contributed by atoms with Crippen LogP contribution in [-0.2, 0) is 75.0 Å². The zero-order valence-corrected chi connectivity index (χ0v) is 73.2. The van der Waals surface area contributed by atoms with Gasteiger partial charge < -0.3 is 50.1 Å². The molecule has 0 atom stereocenters. The number of rotatable bonds is 45. The number of carbonyl (C=O) groups excluding carboxylic acids is 2. The molecule has 0 radical (unpaired) electrons. The largest absolute Gasteiger partial charge is 0.379 e. The van der Waals surface area contributed by atoms with Crippen molar-refractivity contribution in [2.45, 2.75) is 109 Å². The molecule has 0 unspecified atom stereocenters. The number of thiophene rings is 2. The van der Waals surface area contributed by atoms with Gasteiger partial charge in [0.05, 0.1) is 84.4 Å². The van der Waals surface area contributed by atoms with Crippen LogP contribution in [0.15, 0.2) is 243 Å². The number of thiazole rings is 2. The molecule has 12 aromatic rings. The number of nitrogens with zero attached hydrogens (tertiary/aromatic N) is 4. The zero-order chi connectivity index (χ0) is 83.4. The molecule has 120 heavy (non-hydrogen) atoms.